The van der Waals surface area contributed by atoms with Crippen molar-refractivity contribution in [1.29, 1.82) is 0 Å². The zero-order valence-electron chi connectivity index (χ0n) is 14.0. The smallest absolute Gasteiger partial charge is 0.306 e. The molecule has 1 aliphatic rings. The SMILES string of the molecule is COC(=O)CC1CN(C(=O)Cc2ccccc2C)c2ccccc21. The molecule has 0 fully saturated rings. The highest BCUT2D eigenvalue weighted by Crippen LogP contribution is 2.38. The van der Waals surface area contributed by atoms with Gasteiger partial charge < -0.3 is 9.64 Å². The molecular weight excluding hydrogens is 302 g/mol. The third kappa shape index (κ3) is 3.18. The first-order valence-corrected chi connectivity index (χ1v) is 8.10. The van der Waals surface area contributed by atoms with Gasteiger partial charge in [-0.1, -0.05) is 42.5 Å². The summed E-state index contributed by atoms with van der Waals surface area (Å²) in [5.41, 5.74) is 4.10. The number of hydrogen-bond donors (Lipinski definition) is 0. The number of ether oxygens (including phenoxy) is 1. The summed E-state index contributed by atoms with van der Waals surface area (Å²) in [6.07, 6.45) is 0.660. The number of para-hydroxylation sites is 1. The van der Waals surface area contributed by atoms with Crippen LogP contribution in [0.1, 0.15) is 29.0 Å². The molecule has 0 radical (unpaired) electrons. The van der Waals surface area contributed by atoms with E-state index >= 15 is 0 Å². The van der Waals surface area contributed by atoms with Gasteiger partial charge in [0.05, 0.1) is 20.0 Å². The van der Waals surface area contributed by atoms with E-state index in [0.29, 0.717) is 19.4 Å². The van der Waals surface area contributed by atoms with Crippen LogP contribution in [0.3, 0.4) is 0 Å². The van der Waals surface area contributed by atoms with E-state index in [1.807, 2.05) is 55.5 Å². The molecule has 3 rings (SSSR count). The lowest BCUT2D eigenvalue weighted by molar-refractivity contribution is -0.141. The average Bonchev–Trinajstić information content (AvgIpc) is 2.96. The Morgan fingerprint density at radius 3 is 2.58 bits per heavy atom. The Kier molecular flexibility index (Phi) is 4.65. The van der Waals surface area contributed by atoms with Gasteiger partial charge in [0.1, 0.15) is 0 Å². The summed E-state index contributed by atoms with van der Waals surface area (Å²) in [6.45, 7) is 2.54. The molecule has 124 valence electrons. The number of nitrogens with zero attached hydrogens (tertiary/aromatic N) is 1. The Balaban J connectivity index is 1.82. The molecule has 1 aliphatic heterocycles. The molecule has 24 heavy (non-hydrogen) atoms. The minimum Gasteiger partial charge on any atom is -0.469 e. The Bertz CT molecular complexity index is 769. The highest BCUT2D eigenvalue weighted by atomic mass is 16.5. The molecule has 2 aromatic rings. The Morgan fingerprint density at radius 1 is 1.12 bits per heavy atom. The summed E-state index contributed by atoms with van der Waals surface area (Å²) in [4.78, 5) is 26.3. The molecule has 0 aromatic heterocycles. The second kappa shape index (κ2) is 6.87. The van der Waals surface area contributed by atoms with Gasteiger partial charge in [0.2, 0.25) is 5.91 Å². The normalized spacial score (nSPS) is 15.9. The largest absolute Gasteiger partial charge is 0.469 e. The first-order chi connectivity index (χ1) is 11.6. The van der Waals surface area contributed by atoms with E-state index in [0.717, 1.165) is 22.4 Å². The minimum atomic E-state index is -0.247. The van der Waals surface area contributed by atoms with Crippen LogP contribution in [0, 0.1) is 6.92 Å². The summed E-state index contributed by atoms with van der Waals surface area (Å²) in [7, 11) is 1.39. The maximum Gasteiger partial charge on any atom is 0.306 e. The summed E-state index contributed by atoms with van der Waals surface area (Å²) in [5.74, 6) is -0.193. The van der Waals surface area contributed by atoms with Gasteiger partial charge in [0, 0.05) is 18.2 Å². The number of anilines is 1. The lowest BCUT2D eigenvalue weighted by Crippen LogP contribution is -2.31. The van der Waals surface area contributed by atoms with Crippen LogP contribution in [0.2, 0.25) is 0 Å². The van der Waals surface area contributed by atoms with Crippen molar-refractivity contribution in [2.45, 2.75) is 25.7 Å². The van der Waals surface area contributed by atoms with Crippen LogP contribution in [0.25, 0.3) is 0 Å². The van der Waals surface area contributed by atoms with Gasteiger partial charge >= 0.3 is 5.97 Å². The van der Waals surface area contributed by atoms with Crippen LogP contribution in [-0.4, -0.2) is 25.5 Å². The van der Waals surface area contributed by atoms with Crippen molar-refractivity contribution in [3.05, 3.63) is 65.2 Å². The number of hydrogen-bond acceptors (Lipinski definition) is 3. The van der Waals surface area contributed by atoms with Crippen molar-refractivity contribution in [3.8, 4) is 0 Å². The number of aryl methyl sites for hydroxylation is 1. The van der Waals surface area contributed by atoms with E-state index in [4.69, 9.17) is 4.74 Å². The van der Waals surface area contributed by atoms with E-state index < -0.39 is 0 Å². The molecular formula is C20H21NO3. The van der Waals surface area contributed by atoms with Gasteiger partial charge in [-0.3, -0.25) is 9.59 Å². The Hall–Kier alpha value is -2.62. The molecule has 4 heteroatoms. The Labute approximate surface area is 142 Å². The molecule has 4 nitrogen and oxygen atoms in total. The summed E-state index contributed by atoms with van der Waals surface area (Å²) in [5, 5.41) is 0. The first kappa shape index (κ1) is 16.2. The van der Waals surface area contributed by atoms with Gasteiger partial charge in [-0.2, -0.15) is 0 Å². The van der Waals surface area contributed by atoms with Crippen LogP contribution >= 0.6 is 0 Å². The molecule has 0 saturated heterocycles. The molecule has 0 spiro atoms. The van der Waals surface area contributed by atoms with E-state index in [2.05, 4.69) is 0 Å². The number of esters is 1. The fourth-order valence-electron chi connectivity index (χ4n) is 3.26. The van der Waals surface area contributed by atoms with Gasteiger partial charge in [0.25, 0.3) is 0 Å². The fourth-order valence-corrected chi connectivity index (χ4v) is 3.26. The molecule has 1 atom stereocenters. The van der Waals surface area contributed by atoms with E-state index in [9.17, 15) is 9.59 Å². The topological polar surface area (TPSA) is 46.6 Å². The van der Waals surface area contributed by atoms with Crippen molar-refractivity contribution in [2.24, 2.45) is 0 Å². The number of carbonyl (C=O) groups is 2. The van der Waals surface area contributed by atoms with Crippen molar-refractivity contribution in [3.63, 3.8) is 0 Å². The lowest BCUT2D eigenvalue weighted by Gasteiger charge is -2.18. The van der Waals surface area contributed by atoms with Gasteiger partial charge in [-0.25, -0.2) is 0 Å². The molecule has 1 amide bonds. The number of amides is 1. The number of methoxy groups -OCH3 is 1. The van der Waals surface area contributed by atoms with Crippen LogP contribution < -0.4 is 4.90 Å². The molecule has 1 heterocycles. The van der Waals surface area contributed by atoms with Crippen molar-refractivity contribution in [2.75, 3.05) is 18.6 Å². The minimum absolute atomic E-state index is 0.00512. The summed E-state index contributed by atoms with van der Waals surface area (Å²) < 4.78 is 4.79. The Morgan fingerprint density at radius 2 is 1.83 bits per heavy atom. The molecule has 0 N–H and O–H groups in total. The zero-order valence-corrected chi connectivity index (χ0v) is 14.0. The maximum atomic E-state index is 12.8. The molecule has 0 aliphatic carbocycles. The van der Waals surface area contributed by atoms with E-state index in [1.165, 1.54) is 7.11 Å². The van der Waals surface area contributed by atoms with Crippen molar-refractivity contribution < 1.29 is 14.3 Å². The highest BCUT2D eigenvalue weighted by molar-refractivity contribution is 5.97. The third-order valence-electron chi connectivity index (χ3n) is 4.62. The lowest BCUT2D eigenvalue weighted by atomic mass is 9.98. The standard InChI is InChI=1S/C20H21NO3/c1-14-7-3-4-8-15(14)11-19(22)21-13-16(12-20(23)24-2)17-9-5-6-10-18(17)21/h3-10,16H,11-13H2,1-2H3. The molecule has 0 bridgehead atoms. The number of benzene rings is 2. The number of carbonyl (C=O) groups excluding carboxylic acids is 2. The predicted molar refractivity (Wildman–Crippen MR) is 93.1 cm³/mol. The van der Waals surface area contributed by atoms with Gasteiger partial charge in [0.15, 0.2) is 0 Å². The number of fused-ring (bicyclic) bond motifs is 1. The monoisotopic (exact) mass is 323 g/mol. The summed E-state index contributed by atoms with van der Waals surface area (Å²) in [6, 6.07) is 15.7. The number of rotatable bonds is 4. The highest BCUT2D eigenvalue weighted by Gasteiger charge is 2.33. The van der Waals surface area contributed by atoms with Crippen LogP contribution in [0.15, 0.2) is 48.5 Å². The average molecular weight is 323 g/mol. The van der Waals surface area contributed by atoms with E-state index in [1.54, 1.807) is 4.90 Å². The second-order valence-electron chi connectivity index (χ2n) is 6.14. The summed E-state index contributed by atoms with van der Waals surface area (Å²) >= 11 is 0. The molecule has 0 saturated carbocycles. The van der Waals surface area contributed by atoms with Gasteiger partial charge in [-0.15, -0.1) is 0 Å². The van der Waals surface area contributed by atoms with Crippen LogP contribution in [-0.2, 0) is 20.7 Å². The molecule has 2 aromatic carbocycles. The van der Waals surface area contributed by atoms with E-state index in [-0.39, 0.29) is 17.8 Å². The van der Waals surface area contributed by atoms with Crippen molar-refractivity contribution in [1.82, 2.24) is 0 Å². The zero-order chi connectivity index (χ0) is 17.1. The first-order valence-electron chi connectivity index (χ1n) is 8.10. The second-order valence-corrected chi connectivity index (χ2v) is 6.14. The predicted octanol–water partition coefficient (Wildman–Crippen LogP) is 3.23. The maximum absolute atomic E-state index is 12.8. The van der Waals surface area contributed by atoms with Gasteiger partial charge in [-0.05, 0) is 29.7 Å². The van der Waals surface area contributed by atoms with Crippen LogP contribution in [0.4, 0.5) is 5.69 Å². The fraction of sp³-hybridized carbons (Fsp3) is 0.300. The van der Waals surface area contributed by atoms with Crippen molar-refractivity contribution >= 4 is 17.6 Å². The quantitative estimate of drug-likeness (QED) is 0.812. The molecule has 1 unspecified atom stereocenters. The third-order valence-corrected chi connectivity index (χ3v) is 4.62. The van der Waals surface area contributed by atoms with Crippen LogP contribution in [0.5, 0.6) is 0 Å².